The zero-order chi connectivity index (χ0) is 25.0. The average molecular weight is 487 g/mol. The number of piperidine rings is 1. The number of fused-ring (bicyclic) bond motifs is 5. The predicted octanol–water partition coefficient (Wildman–Crippen LogP) is 5.60. The van der Waals surface area contributed by atoms with Gasteiger partial charge >= 0.3 is 6.09 Å². The maximum absolute atomic E-state index is 14.7. The van der Waals surface area contributed by atoms with Crippen LogP contribution in [0.1, 0.15) is 53.9 Å². The molecule has 36 heavy (non-hydrogen) atoms. The molecule has 182 valence electrons. The highest BCUT2D eigenvalue weighted by atomic mass is 19.1. The van der Waals surface area contributed by atoms with Crippen LogP contribution >= 0.6 is 0 Å². The van der Waals surface area contributed by atoms with Crippen LogP contribution in [0.15, 0.2) is 60.7 Å². The van der Waals surface area contributed by atoms with Gasteiger partial charge in [0.25, 0.3) is 0 Å². The van der Waals surface area contributed by atoms with E-state index in [-0.39, 0.29) is 43.0 Å². The largest absolute Gasteiger partial charge is 0.448 e. The molecule has 2 unspecified atom stereocenters. The topological polar surface area (TPSA) is 73.6 Å². The highest BCUT2D eigenvalue weighted by Crippen LogP contribution is 2.48. The third kappa shape index (κ3) is 3.48. The van der Waals surface area contributed by atoms with Crippen molar-refractivity contribution in [1.82, 2.24) is 4.90 Å². The van der Waals surface area contributed by atoms with Crippen molar-refractivity contribution < 1.29 is 23.4 Å². The lowest BCUT2D eigenvalue weighted by Crippen LogP contribution is -2.52. The fourth-order valence-corrected chi connectivity index (χ4v) is 6.40. The lowest BCUT2D eigenvalue weighted by atomic mass is 9.80. The van der Waals surface area contributed by atoms with Crippen molar-refractivity contribution in [3.63, 3.8) is 0 Å². The number of carbonyl (C=O) groups excluding carboxylic acids is 1. The van der Waals surface area contributed by atoms with Crippen molar-refractivity contribution in [2.24, 2.45) is 0 Å². The van der Waals surface area contributed by atoms with E-state index in [9.17, 15) is 18.7 Å². The number of amides is 1. The Morgan fingerprint density at radius 2 is 1.58 bits per heavy atom. The number of nitrogens with zero attached hydrogens (tertiary/aromatic N) is 2. The van der Waals surface area contributed by atoms with E-state index in [0.717, 1.165) is 34.4 Å². The molecule has 1 N–H and O–H groups in total. The molecule has 5 nitrogen and oxygen atoms in total. The second kappa shape index (κ2) is 8.42. The minimum Gasteiger partial charge on any atom is -0.448 e. The van der Waals surface area contributed by atoms with Gasteiger partial charge in [0.05, 0.1) is 11.2 Å². The molecule has 3 aromatic rings. The lowest BCUT2D eigenvalue weighted by molar-refractivity contribution is -0.0553. The van der Waals surface area contributed by atoms with Crippen molar-refractivity contribution in [2.45, 2.75) is 49.3 Å². The van der Waals surface area contributed by atoms with Crippen LogP contribution in [0, 0.1) is 23.0 Å². The lowest BCUT2D eigenvalue weighted by Gasteiger charge is -2.43. The molecule has 2 heterocycles. The number of carbonyl (C=O) groups is 1. The van der Waals surface area contributed by atoms with Crippen LogP contribution in [0.4, 0.5) is 13.6 Å². The molecule has 3 aromatic carbocycles. The SMILES string of the molecule is N#Cc1cc(F)c(C2(O)CC3CCC(C2)N3C(=O)OCC2c3ccccc3-c3ccccc32)cc1F. The first kappa shape index (κ1) is 22.7. The Balaban J connectivity index is 1.20. The van der Waals surface area contributed by atoms with E-state index >= 15 is 0 Å². The van der Waals surface area contributed by atoms with Crippen molar-refractivity contribution in [1.29, 1.82) is 5.26 Å². The van der Waals surface area contributed by atoms with Gasteiger partial charge in [0.1, 0.15) is 24.3 Å². The van der Waals surface area contributed by atoms with E-state index in [0.29, 0.717) is 12.8 Å². The molecular formula is C29H24F2N2O3. The zero-order valence-electron chi connectivity index (χ0n) is 19.5. The fraction of sp³-hybridized carbons (Fsp3) is 0.310. The molecule has 0 radical (unpaired) electrons. The fourth-order valence-electron chi connectivity index (χ4n) is 6.40. The normalized spacial score (nSPS) is 24.2. The number of rotatable bonds is 3. The smallest absolute Gasteiger partial charge is 0.410 e. The van der Waals surface area contributed by atoms with Gasteiger partial charge in [-0.25, -0.2) is 13.6 Å². The van der Waals surface area contributed by atoms with Crippen LogP contribution in [0.3, 0.4) is 0 Å². The highest BCUT2D eigenvalue weighted by Gasteiger charge is 2.51. The van der Waals surface area contributed by atoms with Crippen molar-refractivity contribution in [2.75, 3.05) is 6.61 Å². The standard InChI is InChI=1S/C29H24F2N2O3/c30-26-12-25(27(31)11-17(26)15-32)29(35)13-18-9-10-19(14-29)33(18)28(34)36-16-24-22-7-3-1-5-20(22)21-6-2-4-8-23(21)24/h1-8,11-12,18-19,24,35H,9-10,13-14,16H2. The van der Waals surface area contributed by atoms with Gasteiger partial charge < -0.3 is 14.7 Å². The zero-order valence-corrected chi connectivity index (χ0v) is 19.5. The molecule has 2 aliphatic heterocycles. The molecule has 0 aromatic heterocycles. The monoisotopic (exact) mass is 486 g/mol. The summed E-state index contributed by atoms with van der Waals surface area (Å²) < 4.78 is 34.8. The van der Waals surface area contributed by atoms with Crippen LogP contribution in [-0.2, 0) is 10.3 Å². The van der Waals surface area contributed by atoms with Gasteiger partial charge in [-0.2, -0.15) is 5.26 Å². The Labute approximate surface area is 207 Å². The summed E-state index contributed by atoms with van der Waals surface area (Å²) in [5.74, 6) is -1.74. The third-order valence-electron chi connectivity index (χ3n) is 7.99. The van der Waals surface area contributed by atoms with Gasteiger partial charge in [0, 0.05) is 36.4 Å². The summed E-state index contributed by atoms with van der Waals surface area (Å²) in [5, 5.41) is 20.3. The van der Waals surface area contributed by atoms with E-state index in [1.165, 1.54) is 0 Å². The maximum Gasteiger partial charge on any atom is 0.410 e. The van der Waals surface area contributed by atoms with E-state index in [2.05, 4.69) is 24.3 Å². The molecule has 3 aliphatic rings. The molecule has 7 heteroatoms. The maximum atomic E-state index is 14.7. The van der Waals surface area contributed by atoms with Gasteiger partial charge in [0.15, 0.2) is 0 Å². The van der Waals surface area contributed by atoms with E-state index in [1.54, 1.807) is 11.0 Å². The first-order valence-corrected chi connectivity index (χ1v) is 12.1. The summed E-state index contributed by atoms with van der Waals surface area (Å²) in [5.41, 5.74) is 2.36. The van der Waals surface area contributed by atoms with Crippen LogP contribution in [0.25, 0.3) is 11.1 Å². The quantitative estimate of drug-likeness (QED) is 0.523. The summed E-state index contributed by atoms with van der Waals surface area (Å²) >= 11 is 0. The summed E-state index contributed by atoms with van der Waals surface area (Å²) in [7, 11) is 0. The molecule has 6 rings (SSSR count). The van der Waals surface area contributed by atoms with Crippen molar-refractivity contribution in [3.05, 3.63) is 94.6 Å². The van der Waals surface area contributed by atoms with E-state index in [1.807, 2.05) is 24.3 Å². The number of nitriles is 1. The van der Waals surface area contributed by atoms with Gasteiger partial charge in [0.2, 0.25) is 0 Å². The van der Waals surface area contributed by atoms with Crippen LogP contribution < -0.4 is 0 Å². The summed E-state index contributed by atoms with van der Waals surface area (Å²) in [6.07, 6.45) is 1.01. The third-order valence-corrected chi connectivity index (χ3v) is 7.99. The number of ether oxygens (including phenoxy) is 1. The second-order valence-corrected chi connectivity index (χ2v) is 9.96. The minimum atomic E-state index is -1.62. The van der Waals surface area contributed by atoms with Crippen molar-refractivity contribution >= 4 is 6.09 Å². The average Bonchev–Trinajstić information content (AvgIpc) is 3.35. The van der Waals surface area contributed by atoms with Gasteiger partial charge in [-0.1, -0.05) is 48.5 Å². The first-order valence-electron chi connectivity index (χ1n) is 12.1. The van der Waals surface area contributed by atoms with E-state index in [4.69, 9.17) is 10.00 Å². The van der Waals surface area contributed by atoms with Crippen LogP contribution in [0.5, 0.6) is 0 Å². The Bertz CT molecular complexity index is 1360. The Kier molecular flexibility index (Phi) is 5.31. The molecule has 1 amide bonds. The highest BCUT2D eigenvalue weighted by molar-refractivity contribution is 5.79. The Morgan fingerprint density at radius 3 is 2.17 bits per heavy atom. The molecule has 2 atom stereocenters. The number of benzene rings is 3. The molecule has 2 saturated heterocycles. The number of hydrogen-bond donors (Lipinski definition) is 1. The van der Waals surface area contributed by atoms with Crippen LogP contribution in [-0.4, -0.2) is 34.8 Å². The number of halogens is 2. The summed E-state index contributed by atoms with van der Waals surface area (Å²) in [6.45, 7) is 0.197. The van der Waals surface area contributed by atoms with Gasteiger partial charge in [-0.15, -0.1) is 0 Å². The van der Waals surface area contributed by atoms with E-state index < -0.39 is 28.9 Å². The minimum absolute atomic E-state index is 0.0588. The molecular weight excluding hydrogens is 462 g/mol. The molecule has 0 saturated carbocycles. The number of aliphatic hydroxyl groups is 1. The Morgan fingerprint density at radius 1 is 1.00 bits per heavy atom. The Hall–Kier alpha value is -3.76. The second-order valence-electron chi connectivity index (χ2n) is 9.96. The predicted molar refractivity (Wildman–Crippen MR) is 128 cm³/mol. The summed E-state index contributed by atoms with van der Waals surface area (Å²) in [6, 6.07) is 18.9. The molecule has 0 spiro atoms. The van der Waals surface area contributed by atoms with Crippen molar-refractivity contribution in [3.8, 4) is 17.2 Å². The molecule has 2 fully saturated rings. The van der Waals surface area contributed by atoms with Crippen LogP contribution in [0.2, 0.25) is 0 Å². The van der Waals surface area contributed by atoms with Gasteiger partial charge in [-0.3, -0.25) is 0 Å². The molecule has 1 aliphatic carbocycles. The molecule has 2 bridgehead atoms. The first-order chi connectivity index (χ1) is 17.4. The summed E-state index contributed by atoms with van der Waals surface area (Å²) in [4.78, 5) is 14.9. The number of hydrogen-bond acceptors (Lipinski definition) is 4. The van der Waals surface area contributed by atoms with Gasteiger partial charge in [-0.05, 0) is 47.2 Å².